The number of hydrogen-bond acceptors (Lipinski definition) is 3. The number of aryl methyl sites for hydroxylation is 1. The monoisotopic (exact) mass is 320 g/mol. The molecule has 3 rings (SSSR count). The van der Waals surface area contributed by atoms with Crippen LogP contribution in [0.25, 0.3) is 0 Å². The van der Waals surface area contributed by atoms with Gasteiger partial charge in [-0.2, -0.15) is 5.10 Å². The van der Waals surface area contributed by atoms with E-state index in [0.29, 0.717) is 6.04 Å². The first-order chi connectivity index (χ1) is 9.22. The van der Waals surface area contributed by atoms with Crippen LogP contribution in [-0.4, -0.2) is 21.2 Å². The van der Waals surface area contributed by atoms with Crippen LogP contribution in [0.2, 0.25) is 0 Å². The third kappa shape index (κ3) is 2.87. The first-order valence-corrected chi connectivity index (χ1v) is 7.40. The number of H-pyrrole nitrogens is 1. The fourth-order valence-corrected chi connectivity index (χ4v) is 3.13. The Morgan fingerprint density at radius 1 is 1.42 bits per heavy atom. The van der Waals surface area contributed by atoms with Crippen molar-refractivity contribution in [3.8, 4) is 0 Å². The summed E-state index contributed by atoms with van der Waals surface area (Å²) in [6.07, 6.45) is 4.94. The SMILES string of the molecule is CC(NC1CCc2cc(Br)ccc2C1)c1ncn[nH]1. The van der Waals surface area contributed by atoms with Crippen molar-refractivity contribution in [2.24, 2.45) is 0 Å². The Kier molecular flexibility index (Phi) is 3.66. The van der Waals surface area contributed by atoms with E-state index in [2.05, 4.69) is 61.6 Å². The van der Waals surface area contributed by atoms with Crippen molar-refractivity contribution in [1.82, 2.24) is 20.5 Å². The smallest absolute Gasteiger partial charge is 0.141 e. The summed E-state index contributed by atoms with van der Waals surface area (Å²) < 4.78 is 1.17. The maximum absolute atomic E-state index is 4.20. The molecule has 5 heteroatoms. The molecule has 0 spiro atoms. The summed E-state index contributed by atoms with van der Waals surface area (Å²) >= 11 is 3.54. The third-order valence-corrected chi connectivity index (χ3v) is 4.22. The molecule has 1 aromatic heterocycles. The summed E-state index contributed by atoms with van der Waals surface area (Å²) in [7, 11) is 0. The van der Waals surface area contributed by atoms with E-state index in [4.69, 9.17) is 0 Å². The molecule has 4 nitrogen and oxygen atoms in total. The summed E-state index contributed by atoms with van der Waals surface area (Å²) in [5.74, 6) is 0.904. The van der Waals surface area contributed by atoms with Crippen molar-refractivity contribution in [1.29, 1.82) is 0 Å². The minimum absolute atomic E-state index is 0.212. The van der Waals surface area contributed by atoms with Crippen molar-refractivity contribution in [3.05, 3.63) is 46.0 Å². The molecule has 19 heavy (non-hydrogen) atoms. The van der Waals surface area contributed by atoms with Gasteiger partial charge in [0.05, 0.1) is 6.04 Å². The van der Waals surface area contributed by atoms with E-state index >= 15 is 0 Å². The van der Waals surface area contributed by atoms with Gasteiger partial charge in [0.1, 0.15) is 12.2 Å². The third-order valence-electron chi connectivity index (χ3n) is 3.73. The summed E-state index contributed by atoms with van der Waals surface area (Å²) in [5.41, 5.74) is 2.93. The highest BCUT2D eigenvalue weighted by atomic mass is 79.9. The Bertz CT molecular complexity index is 553. The normalized spacial score (nSPS) is 20.0. The van der Waals surface area contributed by atoms with Gasteiger partial charge in [0.25, 0.3) is 0 Å². The van der Waals surface area contributed by atoms with E-state index in [1.54, 1.807) is 6.33 Å². The van der Waals surface area contributed by atoms with Crippen LogP contribution in [0, 0.1) is 0 Å². The molecule has 0 saturated heterocycles. The van der Waals surface area contributed by atoms with Crippen LogP contribution in [0.4, 0.5) is 0 Å². The molecule has 1 aliphatic rings. The number of aromatic amines is 1. The molecule has 0 saturated carbocycles. The number of hydrogen-bond donors (Lipinski definition) is 2. The van der Waals surface area contributed by atoms with E-state index in [9.17, 15) is 0 Å². The predicted molar refractivity (Wildman–Crippen MR) is 77.9 cm³/mol. The van der Waals surface area contributed by atoms with Crippen LogP contribution >= 0.6 is 15.9 Å². The van der Waals surface area contributed by atoms with Gasteiger partial charge in [0, 0.05) is 10.5 Å². The van der Waals surface area contributed by atoms with Crippen LogP contribution in [0.3, 0.4) is 0 Å². The molecule has 0 fully saturated rings. The Morgan fingerprint density at radius 3 is 3.11 bits per heavy atom. The molecule has 0 aliphatic heterocycles. The van der Waals surface area contributed by atoms with Gasteiger partial charge >= 0.3 is 0 Å². The van der Waals surface area contributed by atoms with Crippen LogP contribution in [0.1, 0.15) is 36.3 Å². The predicted octanol–water partition coefficient (Wildman–Crippen LogP) is 2.78. The Balaban J connectivity index is 1.67. The van der Waals surface area contributed by atoms with Crippen molar-refractivity contribution >= 4 is 15.9 Å². The number of fused-ring (bicyclic) bond motifs is 1. The lowest BCUT2D eigenvalue weighted by molar-refractivity contribution is 0.404. The van der Waals surface area contributed by atoms with Gasteiger partial charge in [-0.05, 0) is 49.4 Å². The second-order valence-corrected chi connectivity index (χ2v) is 6.03. The fourth-order valence-electron chi connectivity index (χ4n) is 2.72. The number of rotatable bonds is 3. The highest BCUT2D eigenvalue weighted by Crippen LogP contribution is 2.25. The van der Waals surface area contributed by atoms with Crippen LogP contribution in [0.5, 0.6) is 0 Å². The summed E-state index contributed by atoms with van der Waals surface area (Å²) in [6, 6.07) is 7.32. The highest BCUT2D eigenvalue weighted by Gasteiger charge is 2.21. The largest absolute Gasteiger partial charge is 0.304 e. The second-order valence-electron chi connectivity index (χ2n) is 5.11. The van der Waals surface area contributed by atoms with Crippen molar-refractivity contribution in [2.45, 2.75) is 38.3 Å². The van der Waals surface area contributed by atoms with E-state index in [0.717, 1.165) is 18.7 Å². The summed E-state index contributed by atoms with van der Waals surface area (Å²) in [5, 5.41) is 10.5. The molecule has 2 unspecified atom stereocenters. The topological polar surface area (TPSA) is 53.6 Å². The van der Waals surface area contributed by atoms with Crippen molar-refractivity contribution < 1.29 is 0 Å². The number of nitrogens with zero attached hydrogens (tertiary/aromatic N) is 2. The lowest BCUT2D eigenvalue weighted by atomic mass is 9.88. The van der Waals surface area contributed by atoms with E-state index < -0.39 is 0 Å². The minimum atomic E-state index is 0.212. The Morgan fingerprint density at radius 2 is 2.32 bits per heavy atom. The molecule has 0 amide bonds. The van der Waals surface area contributed by atoms with Crippen LogP contribution in [-0.2, 0) is 12.8 Å². The first-order valence-electron chi connectivity index (χ1n) is 6.61. The molecule has 1 aromatic carbocycles. The molecule has 0 radical (unpaired) electrons. The Labute approximate surface area is 121 Å². The first kappa shape index (κ1) is 12.8. The number of aromatic nitrogens is 3. The standard InChI is InChI=1S/C14H17BrN4/c1-9(14-16-8-17-19-14)18-13-5-3-10-6-12(15)4-2-11(10)7-13/h2,4,6,8-9,13,18H,3,5,7H2,1H3,(H,16,17,19). The molecule has 1 heterocycles. The lowest BCUT2D eigenvalue weighted by Gasteiger charge is -2.28. The van der Waals surface area contributed by atoms with E-state index in [1.165, 1.54) is 22.0 Å². The van der Waals surface area contributed by atoms with Gasteiger partial charge in [-0.3, -0.25) is 5.10 Å². The average molecular weight is 321 g/mol. The maximum atomic E-state index is 4.20. The number of benzene rings is 1. The summed E-state index contributed by atoms with van der Waals surface area (Å²) in [4.78, 5) is 4.20. The van der Waals surface area contributed by atoms with Gasteiger partial charge in [0.15, 0.2) is 0 Å². The highest BCUT2D eigenvalue weighted by molar-refractivity contribution is 9.10. The number of nitrogens with one attached hydrogen (secondary N) is 2. The quantitative estimate of drug-likeness (QED) is 0.914. The van der Waals surface area contributed by atoms with Crippen LogP contribution < -0.4 is 5.32 Å². The van der Waals surface area contributed by atoms with Crippen molar-refractivity contribution in [3.63, 3.8) is 0 Å². The van der Waals surface area contributed by atoms with Gasteiger partial charge in [0.2, 0.25) is 0 Å². The molecule has 2 N–H and O–H groups in total. The van der Waals surface area contributed by atoms with Crippen molar-refractivity contribution in [2.75, 3.05) is 0 Å². The second kappa shape index (κ2) is 5.43. The molecule has 1 aliphatic carbocycles. The average Bonchev–Trinajstić information content (AvgIpc) is 2.93. The number of halogens is 1. The Hall–Kier alpha value is -1.20. The van der Waals surface area contributed by atoms with Gasteiger partial charge < -0.3 is 5.32 Å². The van der Waals surface area contributed by atoms with E-state index in [1.807, 2.05) is 0 Å². The summed E-state index contributed by atoms with van der Waals surface area (Å²) in [6.45, 7) is 2.12. The van der Waals surface area contributed by atoms with Crippen LogP contribution in [0.15, 0.2) is 29.0 Å². The zero-order chi connectivity index (χ0) is 13.2. The fraction of sp³-hybridized carbons (Fsp3) is 0.429. The van der Waals surface area contributed by atoms with E-state index in [-0.39, 0.29) is 6.04 Å². The molecule has 2 aromatic rings. The molecule has 100 valence electrons. The maximum Gasteiger partial charge on any atom is 0.141 e. The minimum Gasteiger partial charge on any atom is -0.304 e. The van der Waals surface area contributed by atoms with Gasteiger partial charge in [-0.25, -0.2) is 4.98 Å². The van der Waals surface area contributed by atoms with Gasteiger partial charge in [-0.1, -0.05) is 22.0 Å². The zero-order valence-electron chi connectivity index (χ0n) is 10.9. The lowest BCUT2D eigenvalue weighted by Crippen LogP contribution is -2.36. The molecular formula is C14H17BrN4. The molecule has 0 bridgehead atoms. The van der Waals surface area contributed by atoms with Gasteiger partial charge in [-0.15, -0.1) is 0 Å². The zero-order valence-corrected chi connectivity index (χ0v) is 12.4. The molecule has 2 atom stereocenters. The molecular weight excluding hydrogens is 304 g/mol.